The van der Waals surface area contributed by atoms with Crippen LogP contribution >= 0.6 is 15.9 Å². The summed E-state index contributed by atoms with van der Waals surface area (Å²) in [7, 11) is 0. The molecule has 18 heavy (non-hydrogen) atoms. The Morgan fingerprint density at radius 3 is 2.78 bits per heavy atom. The van der Waals surface area contributed by atoms with Gasteiger partial charge in [-0.2, -0.15) is 0 Å². The minimum atomic E-state index is -0.369. The fourth-order valence-corrected chi connectivity index (χ4v) is 2.56. The molecule has 2 N–H and O–H groups in total. The van der Waals surface area contributed by atoms with Gasteiger partial charge >= 0.3 is 0 Å². The van der Waals surface area contributed by atoms with Crippen LogP contribution in [0.2, 0.25) is 0 Å². The van der Waals surface area contributed by atoms with Crippen molar-refractivity contribution in [2.75, 3.05) is 6.61 Å². The predicted octanol–water partition coefficient (Wildman–Crippen LogP) is 2.37. The molecule has 98 valence electrons. The van der Waals surface area contributed by atoms with Crippen LogP contribution in [0.15, 0.2) is 28.7 Å². The third kappa shape index (κ3) is 2.59. The van der Waals surface area contributed by atoms with Gasteiger partial charge in [-0.1, -0.05) is 35.0 Å². The number of amides is 1. The van der Waals surface area contributed by atoms with E-state index in [1.165, 1.54) is 0 Å². The molecular formula is C14H18BrNO2. The average Bonchev–Trinajstić information content (AvgIpc) is 3.17. The van der Waals surface area contributed by atoms with Crippen molar-refractivity contribution >= 4 is 21.8 Å². The normalized spacial score (nSPS) is 18.2. The number of nitrogens with one attached hydrogen (secondary N) is 1. The van der Waals surface area contributed by atoms with Gasteiger partial charge in [0, 0.05) is 4.47 Å². The van der Waals surface area contributed by atoms with Gasteiger partial charge in [-0.15, -0.1) is 0 Å². The first-order chi connectivity index (χ1) is 8.62. The van der Waals surface area contributed by atoms with Crippen molar-refractivity contribution in [3.05, 3.63) is 34.3 Å². The van der Waals surface area contributed by atoms with Crippen LogP contribution in [-0.2, 0) is 10.2 Å². The van der Waals surface area contributed by atoms with E-state index in [0.717, 1.165) is 29.3 Å². The van der Waals surface area contributed by atoms with Gasteiger partial charge in [0.1, 0.15) is 0 Å². The molecule has 2 rings (SSSR count). The van der Waals surface area contributed by atoms with E-state index < -0.39 is 0 Å². The molecule has 0 radical (unpaired) electrons. The van der Waals surface area contributed by atoms with Gasteiger partial charge in [0.25, 0.3) is 0 Å². The van der Waals surface area contributed by atoms with Gasteiger partial charge in [0.2, 0.25) is 5.91 Å². The minimum Gasteiger partial charge on any atom is -0.394 e. The number of carbonyl (C=O) groups is 1. The molecule has 0 aromatic heterocycles. The first-order valence-corrected chi connectivity index (χ1v) is 7.09. The number of benzene rings is 1. The lowest BCUT2D eigenvalue weighted by atomic mass is 9.94. The first kappa shape index (κ1) is 13.6. The van der Waals surface area contributed by atoms with Crippen LogP contribution in [0, 0.1) is 0 Å². The van der Waals surface area contributed by atoms with Crippen molar-refractivity contribution in [2.24, 2.45) is 0 Å². The summed E-state index contributed by atoms with van der Waals surface area (Å²) >= 11 is 3.44. The topological polar surface area (TPSA) is 49.3 Å². The fraction of sp³-hybridized carbons (Fsp3) is 0.500. The highest BCUT2D eigenvalue weighted by Gasteiger charge is 2.51. The Morgan fingerprint density at radius 1 is 1.56 bits per heavy atom. The van der Waals surface area contributed by atoms with Crippen molar-refractivity contribution in [3.63, 3.8) is 0 Å². The highest BCUT2D eigenvalue weighted by molar-refractivity contribution is 9.10. The fourth-order valence-electron chi connectivity index (χ4n) is 2.16. The van der Waals surface area contributed by atoms with Crippen molar-refractivity contribution in [2.45, 2.75) is 37.6 Å². The van der Waals surface area contributed by atoms with Gasteiger partial charge in [0.05, 0.1) is 18.1 Å². The zero-order valence-corrected chi connectivity index (χ0v) is 12.0. The number of carbonyl (C=O) groups excluding carboxylic acids is 1. The Labute approximate surface area is 116 Å². The van der Waals surface area contributed by atoms with Gasteiger partial charge in [0.15, 0.2) is 0 Å². The molecule has 4 heteroatoms. The van der Waals surface area contributed by atoms with Gasteiger partial charge in [-0.25, -0.2) is 0 Å². The highest BCUT2D eigenvalue weighted by Crippen LogP contribution is 2.48. The number of rotatable bonds is 5. The SMILES string of the molecule is CCC(CO)NC(=O)C1(c2cccc(Br)c2)CC1. The van der Waals surface area contributed by atoms with E-state index in [-0.39, 0.29) is 24.0 Å². The zero-order valence-electron chi connectivity index (χ0n) is 10.4. The molecule has 0 aliphatic heterocycles. The van der Waals surface area contributed by atoms with Gasteiger partial charge < -0.3 is 10.4 Å². The molecule has 1 aromatic carbocycles. The maximum Gasteiger partial charge on any atom is 0.230 e. The zero-order chi connectivity index (χ0) is 13.2. The second-order valence-electron chi connectivity index (χ2n) is 4.85. The summed E-state index contributed by atoms with van der Waals surface area (Å²) < 4.78 is 0.994. The monoisotopic (exact) mass is 311 g/mol. The predicted molar refractivity (Wildman–Crippen MR) is 74.4 cm³/mol. The summed E-state index contributed by atoms with van der Waals surface area (Å²) in [5.41, 5.74) is 0.689. The van der Waals surface area contributed by atoms with Crippen molar-refractivity contribution in [3.8, 4) is 0 Å². The molecule has 0 heterocycles. The second kappa shape index (κ2) is 5.41. The number of aliphatic hydroxyl groups excluding tert-OH is 1. The average molecular weight is 312 g/mol. The molecule has 1 unspecified atom stereocenters. The van der Waals surface area contributed by atoms with E-state index in [1.54, 1.807) is 0 Å². The molecule has 0 spiro atoms. The summed E-state index contributed by atoms with van der Waals surface area (Å²) in [6.07, 6.45) is 2.52. The lowest BCUT2D eigenvalue weighted by Gasteiger charge is -2.20. The van der Waals surface area contributed by atoms with Crippen molar-refractivity contribution < 1.29 is 9.90 Å². The van der Waals surface area contributed by atoms with Crippen LogP contribution in [0.5, 0.6) is 0 Å². The Hall–Kier alpha value is -0.870. The van der Waals surface area contributed by atoms with Crippen LogP contribution in [0.4, 0.5) is 0 Å². The molecule has 0 saturated heterocycles. The van der Waals surface area contributed by atoms with E-state index in [0.29, 0.717) is 0 Å². The third-order valence-corrected chi connectivity index (χ3v) is 4.10. The Morgan fingerprint density at radius 2 is 2.28 bits per heavy atom. The van der Waals surface area contributed by atoms with Crippen molar-refractivity contribution in [1.29, 1.82) is 0 Å². The van der Waals surface area contributed by atoms with E-state index in [2.05, 4.69) is 21.2 Å². The number of halogens is 1. The quantitative estimate of drug-likeness (QED) is 0.877. The maximum atomic E-state index is 12.3. The number of aliphatic hydroxyl groups is 1. The highest BCUT2D eigenvalue weighted by atomic mass is 79.9. The van der Waals surface area contributed by atoms with E-state index in [9.17, 15) is 4.79 Å². The Balaban J connectivity index is 2.14. The summed E-state index contributed by atoms with van der Waals surface area (Å²) in [4.78, 5) is 12.3. The Kier molecular flexibility index (Phi) is 4.07. The molecule has 0 bridgehead atoms. The molecular weight excluding hydrogens is 294 g/mol. The summed E-state index contributed by atoms with van der Waals surface area (Å²) in [6, 6.07) is 7.78. The minimum absolute atomic E-state index is 0.00317. The van der Waals surface area contributed by atoms with Gasteiger partial charge in [-0.3, -0.25) is 4.79 Å². The molecule has 1 saturated carbocycles. The molecule has 1 amide bonds. The third-order valence-electron chi connectivity index (χ3n) is 3.61. The standard InChI is InChI=1S/C14H18BrNO2/c1-2-12(9-17)16-13(18)14(6-7-14)10-4-3-5-11(15)8-10/h3-5,8,12,17H,2,6-7,9H2,1H3,(H,16,18). The molecule has 1 atom stereocenters. The summed E-state index contributed by atoms with van der Waals surface area (Å²) in [6.45, 7) is 1.96. The summed E-state index contributed by atoms with van der Waals surface area (Å²) in [5.74, 6) is 0.0431. The Bertz CT molecular complexity index is 439. The molecule has 1 aliphatic carbocycles. The molecule has 1 fully saturated rings. The summed E-state index contributed by atoms with van der Waals surface area (Å²) in [5, 5.41) is 12.1. The number of hydrogen-bond acceptors (Lipinski definition) is 2. The van der Waals surface area contributed by atoms with Crippen LogP contribution in [-0.4, -0.2) is 23.7 Å². The van der Waals surface area contributed by atoms with Crippen molar-refractivity contribution in [1.82, 2.24) is 5.32 Å². The van der Waals surface area contributed by atoms with Crippen LogP contribution < -0.4 is 5.32 Å². The number of hydrogen-bond donors (Lipinski definition) is 2. The van der Waals surface area contributed by atoms with E-state index in [4.69, 9.17) is 5.11 Å². The molecule has 3 nitrogen and oxygen atoms in total. The van der Waals surface area contributed by atoms with Gasteiger partial charge in [-0.05, 0) is 37.0 Å². The largest absolute Gasteiger partial charge is 0.394 e. The smallest absolute Gasteiger partial charge is 0.230 e. The first-order valence-electron chi connectivity index (χ1n) is 6.30. The van der Waals surface area contributed by atoms with Crippen LogP contribution in [0.3, 0.4) is 0 Å². The van der Waals surface area contributed by atoms with Crippen LogP contribution in [0.25, 0.3) is 0 Å². The lowest BCUT2D eigenvalue weighted by Crippen LogP contribution is -2.43. The molecule has 1 aliphatic rings. The second-order valence-corrected chi connectivity index (χ2v) is 5.77. The molecule has 1 aromatic rings. The maximum absolute atomic E-state index is 12.3. The lowest BCUT2D eigenvalue weighted by molar-refractivity contribution is -0.124. The van der Waals surface area contributed by atoms with E-state index in [1.807, 2.05) is 31.2 Å². The van der Waals surface area contributed by atoms with Crippen LogP contribution in [0.1, 0.15) is 31.7 Å². The van der Waals surface area contributed by atoms with E-state index >= 15 is 0 Å².